The quantitative estimate of drug-likeness (QED) is 0.779. The third-order valence-corrected chi connectivity index (χ3v) is 5.56. The standard InChI is InChI=1S/C18H24N8O/c19-17-21-9-12(10-22-17)15-14-2-4-26(13-1-3-20-11-13)16(14)24-18(23-15)25-5-7-27-8-6-25/h9-10,13,20H,1-8,11H2,(H2,19,21,22)/t13-/m0/s1. The highest BCUT2D eigenvalue weighted by Gasteiger charge is 2.33. The number of nitrogen functional groups attached to an aromatic ring is 1. The molecule has 2 fully saturated rings. The molecule has 0 aromatic carbocycles. The molecule has 1 atom stereocenters. The summed E-state index contributed by atoms with van der Waals surface area (Å²) in [5.41, 5.74) is 8.68. The summed E-state index contributed by atoms with van der Waals surface area (Å²) in [6.07, 6.45) is 5.60. The molecule has 0 radical (unpaired) electrons. The molecule has 0 spiro atoms. The van der Waals surface area contributed by atoms with Gasteiger partial charge in [-0.2, -0.15) is 4.98 Å². The lowest BCUT2D eigenvalue weighted by atomic mass is 10.1. The van der Waals surface area contributed by atoms with Crippen molar-refractivity contribution in [3.8, 4) is 11.3 Å². The van der Waals surface area contributed by atoms with Crippen molar-refractivity contribution < 1.29 is 4.74 Å². The molecule has 2 aromatic rings. The van der Waals surface area contributed by atoms with Crippen molar-refractivity contribution in [2.75, 3.05) is 61.5 Å². The van der Waals surface area contributed by atoms with E-state index < -0.39 is 0 Å². The van der Waals surface area contributed by atoms with Crippen molar-refractivity contribution in [1.82, 2.24) is 25.3 Å². The zero-order chi connectivity index (χ0) is 18.2. The maximum atomic E-state index is 5.68. The summed E-state index contributed by atoms with van der Waals surface area (Å²) in [5, 5.41) is 3.46. The highest BCUT2D eigenvalue weighted by molar-refractivity contribution is 5.72. The smallest absolute Gasteiger partial charge is 0.228 e. The predicted molar refractivity (Wildman–Crippen MR) is 103 cm³/mol. The van der Waals surface area contributed by atoms with Gasteiger partial charge >= 0.3 is 0 Å². The summed E-state index contributed by atoms with van der Waals surface area (Å²) >= 11 is 0. The molecule has 3 aliphatic rings. The zero-order valence-electron chi connectivity index (χ0n) is 15.3. The number of ether oxygens (including phenoxy) is 1. The maximum absolute atomic E-state index is 5.68. The van der Waals surface area contributed by atoms with Gasteiger partial charge in [-0.3, -0.25) is 0 Å². The van der Waals surface area contributed by atoms with E-state index in [0.717, 1.165) is 68.6 Å². The summed E-state index contributed by atoms with van der Waals surface area (Å²) in [5.74, 6) is 2.10. The molecule has 2 aromatic heterocycles. The summed E-state index contributed by atoms with van der Waals surface area (Å²) in [6.45, 7) is 6.08. The minimum atomic E-state index is 0.275. The van der Waals surface area contributed by atoms with Gasteiger partial charge in [0.25, 0.3) is 0 Å². The summed E-state index contributed by atoms with van der Waals surface area (Å²) in [7, 11) is 0. The second kappa shape index (κ2) is 6.90. The third-order valence-electron chi connectivity index (χ3n) is 5.56. The van der Waals surface area contributed by atoms with Crippen molar-refractivity contribution in [3.05, 3.63) is 18.0 Å². The summed E-state index contributed by atoms with van der Waals surface area (Å²) in [4.78, 5) is 22.9. The molecular weight excluding hydrogens is 344 g/mol. The number of morpholine rings is 1. The number of hydrogen-bond acceptors (Lipinski definition) is 9. The van der Waals surface area contributed by atoms with Crippen LogP contribution in [0.3, 0.4) is 0 Å². The second-order valence-electron chi connectivity index (χ2n) is 7.19. The van der Waals surface area contributed by atoms with E-state index in [-0.39, 0.29) is 5.95 Å². The topological polar surface area (TPSA) is 105 Å². The van der Waals surface area contributed by atoms with Gasteiger partial charge in [-0.1, -0.05) is 0 Å². The number of nitrogens with two attached hydrogens (primary N) is 1. The highest BCUT2D eigenvalue weighted by atomic mass is 16.5. The van der Waals surface area contributed by atoms with Gasteiger partial charge < -0.3 is 25.6 Å². The lowest BCUT2D eigenvalue weighted by Crippen LogP contribution is -2.38. The fourth-order valence-electron chi connectivity index (χ4n) is 4.13. The van der Waals surface area contributed by atoms with Crippen molar-refractivity contribution >= 4 is 17.7 Å². The van der Waals surface area contributed by atoms with Crippen LogP contribution in [0.2, 0.25) is 0 Å². The molecule has 9 nitrogen and oxygen atoms in total. The normalized spacial score (nSPS) is 22.3. The van der Waals surface area contributed by atoms with Crippen molar-refractivity contribution in [2.45, 2.75) is 18.9 Å². The lowest BCUT2D eigenvalue weighted by Gasteiger charge is -2.29. The Bertz CT molecular complexity index is 815. The van der Waals surface area contributed by atoms with Gasteiger partial charge in [0.05, 0.1) is 18.9 Å². The minimum Gasteiger partial charge on any atom is -0.378 e. The molecule has 3 aliphatic heterocycles. The molecule has 0 saturated carbocycles. The Morgan fingerprint density at radius 1 is 1.11 bits per heavy atom. The largest absolute Gasteiger partial charge is 0.378 e. The first-order chi connectivity index (χ1) is 13.3. The Kier molecular flexibility index (Phi) is 4.25. The second-order valence-corrected chi connectivity index (χ2v) is 7.19. The SMILES string of the molecule is Nc1ncc(-c2nc(N3CCOCC3)nc3c2CCN3[C@H]2CCNC2)cn1. The molecule has 3 N–H and O–H groups in total. The molecule has 5 heterocycles. The number of anilines is 3. The van der Waals surface area contributed by atoms with Gasteiger partial charge in [0, 0.05) is 55.7 Å². The number of fused-ring (bicyclic) bond motifs is 1. The summed E-state index contributed by atoms with van der Waals surface area (Å²) in [6, 6.07) is 0.495. The van der Waals surface area contributed by atoms with Crippen LogP contribution in [-0.2, 0) is 11.2 Å². The Balaban J connectivity index is 1.60. The van der Waals surface area contributed by atoms with E-state index in [9.17, 15) is 0 Å². The van der Waals surface area contributed by atoms with Gasteiger partial charge in [-0.15, -0.1) is 0 Å². The number of aromatic nitrogens is 4. The van der Waals surface area contributed by atoms with E-state index in [1.807, 2.05) is 0 Å². The Morgan fingerprint density at radius 3 is 2.67 bits per heavy atom. The van der Waals surface area contributed by atoms with Crippen molar-refractivity contribution in [1.29, 1.82) is 0 Å². The highest BCUT2D eigenvalue weighted by Crippen LogP contribution is 2.37. The lowest BCUT2D eigenvalue weighted by molar-refractivity contribution is 0.122. The molecule has 9 heteroatoms. The fourth-order valence-corrected chi connectivity index (χ4v) is 4.13. The van der Waals surface area contributed by atoms with Gasteiger partial charge in [0.2, 0.25) is 11.9 Å². The monoisotopic (exact) mass is 368 g/mol. The minimum absolute atomic E-state index is 0.275. The zero-order valence-corrected chi connectivity index (χ0v) is 15.3. The van der Waals surface area contributed by atoms with Crippen LogP contribution in [0.15, 0.2) is 12.4 Å². The van der Waals surface area contributed by atoms with Crippen LogP contribution in [-0.4, -0.2) is 71.9 Å². The molecule has 0 aliphatic carbocycles. The molecule has 0 bridgehead atoms. The van der Waals surface area contributed by atoms with Gasteiger partial charge in [-0.05, 0) is 19.4 Å². The van der Waals surface area contributed by atoms with Crippen LogP contribution >= 0.6 is 0 Å². The Morgan fingerprint density at radius 2 is 1.93 bits per heavy atom. The van der Waals surface area contributed by atoms with Gasteiger partial charge in [0.15, 0.2) is 0 Å². The van der Waals surface area contributed by atoms with Crippen LogP contribution in [0.5, 0.6) is 0 Å². The van der Waals surface area contributed by atoms with Crippen LogP contribution in [0.1, 0.15) is 12.0 Å². The van der Waals surface area contributed by atoms with Crippen LogP contribution in [0, 0.1) is 0 Å². The molecule has 0 unspecified atom stereocenters. The molecule has 5 rings (SSSR count). The third kappa shape index (κ3) is 3.06. The molecule has 0 amide bonds. The Hall–Kier alpha value is -2.52. The van der Waals surface area contributed by atoms with Crippen LogP contribution < -0.4 is 20.9 Å². The maximum Gasteiger partial charge on any atom is 0.228 e. The van der Waals surface area contributed by atoms with Gasteiger partial charge in [-0.25, -0.2) is 15.0 Å². The first-order valence-corrected chi connectivity index (χ1v) is 9.58. The van der Waals surface area contributed by atoms with Crippen LogP contribution in [0.4, 0.5) is 17.7 Å². The predicted octanol–water partition coefficient (Wildman–Crippen LogP) is 0.0768. The van der Waals surface area contributed by atoms with E-state index in [1.54, 1.807) is 12.4 Å². The van der Waals surface area contributed by atoms with E-state index in [2.05, 4.69) is 25.1 Å². The first kappa shape index (κ1) is 16.6. The Labute approximate surface area is 158 Å². The summed E-state index contributed by atoms with van der Waals surface area (Å²) < 4.78 is 5.49. The van der Waals surface area contributed by atoms with Crippen LogP contribution in [0.25, 0.3) is 11.3 Å². The average molecular weight is 368 g/mol. The molecule has 27 heavy (non-hydrogen) atoms. The number of nitrogens with zero attached hydrogens (tertiary/aromatic N) is 6. The number of hydrogen-bond donors (Lipinski definition) is 2. The average Bonchev–Trinajstić information content (AvgIpc) is 3.38. The van der Waals surface area contributed by atoms with E-state index in [0.29, 0.717) is 19.3 Å². The van der Waals surface area contributed by atoms with Gasteiger partial charge in [0.1, 0.15) is 5.82 Å². The number of nitrogens with one attached hydrogen (secondary N) is 1. The van der Waals surface area contributed by atoms with E-state index >= 15 is 0 Å². The van der Waals surface area contributed by atoms with Crippen molar-refractivity contribution in [2.24, 2.45) is 0 Å². The van der Waals surface area contributed by atoms with Crippen molar-refractivity contribution in [3.63, 3.8) is 0 Å². The molecular formula is C18H24N8O. The molecule has 2 saturated heterocycles. The fraction of sp³-hybridized carbons (Fsp3) is 0.556. The van der Waals surface area contributed by atoms with E-state index in [4.69, 9.17) is 20.4 Å². The number of rotatable bonds is 3. The first-order valence-electron chi connectivity index (χ1n) is 9.58. The van der Waals surface area contributed by atoms with E-state index in [1.165, 1.54) is 5.56 Å². The molecule has 142 valence electrons.